The van der Waals surface area contributed by atoms with Crippen LogP contribution >= 0.6 is 0 Å². The first-order valence-electron chi connectivity index (χ1n) is 5.25. The summed E-state index contributed by atoms with van der Waals surface area (Å²) < 4.78 is 17.3. The van der Waals surface area contributed by atoms with Gasteiger partial charge < -0.3 is 10.5 Å². The van der Waals surface area contributed by atoms with Crippen LogP contribution in [0.15, 0.2) is 18.2 Å². The molecule has 3 N–H and O–H groups in total. The molecule has 0 atom stereocenters. The number of carbonyl (C=O) groups excluding carboxylic acids is 3. The fourth-order valence-electron chi connectivity index (χ4n) is 1.11. The second kappa shape index (κ2) is 7.04. The van der Waals surface area contributed by atoms with Crippen LogP contribution < -0.4 is 11.2 Å². The summed E-state index contributed by atoms with van der Waals surface area (Å²) in [6.07, 6.45) is 0. The van der Waals surface area contributed by atoms with Crippen molar-refractivity contribution in [3.05, 3.63) is 29.6 Å². The van der Waals surface area contributed by atoms with Gasteiger partial charge in [0, 0.05) is 6.92 Å². The van der Waals surface area contributed by atoms with E-state index < -0.39 is 30.3 Å². The molecular formula is C11H11FN2O6. The number of benzene rings is 1. The Balaban J connectivity index is 2.52. The zero-order valence-electron chi connectivity index (χ0n) is 10.3. The van der Waals surface area contributed by atoms with Gasteiger partial charge in [0.05, 0.1) is 11.3 Å². The molecule has 108 valence electrons. The molecule has 0 unspecified atom stereocenters. The maximum absolute atomic E-state index is 12.9. The molecule has 0 spiro atoms. The zero-order valence-corrected chi connectivity index (χ0v) is 10.3. The summed E-state index contributed by atoms with van der Waals surface area (Å²) in [5.41, 5.74) is 6.92. The second-order valence-corrected chi connectivity index (χ2v) is 3.48. The summed E-state index contributed by atoms with van der Waals surface area (Å²) in [6.45, 7) is 0.479. The maximum Gasteiger partial charge on any atom is 0.382 e. The van der Waals surface area contributed by atoms with Crippen molar-refractivity contribution in [2.24, 2.45) is 5.73 Å². The summed E-state index contributed by atoms with van der Waals surface area (Å²) in [6, 6.07) is 3.09. The van der Waals surface area contributed by atoms with Crippen molar-refractivity contribution in [1.29, 1.82) is 0 Å². The molecule has 1 aromatic carbocycles. The van der Waals surface area contributed by atoms with E-state index in [2.05, 4.69) is 20.1 Å². The summed E-state index contributed by atoms with van der Waals surface area (Å²) in [5.74, 6) is -3.22. The summed E-state index contributed by atoms with van der Waals surface area (Å²) in [7, 11) is 0. The zero-order chi connectivity index (χ0) is 15.1. The SMILES string of the molecule is CC(=O)OCC(=O)OONc1ccc(F)cc1C(N)=O. The number of rotatable bonds is 6. The summed E-state index contributed by atoms with van der Waals surface area (Å²) in [5, 5.41) is 0. The Labute approximate surface area is 112 Å². The number of anilines is 1. The molecule has 0 fully saturated rings. The number of halogens is 1. The largest absolute Gasteiger partial charge is 0.454 e. The lowest BCUT2D eigenvalue weighted by molar-refractivity contribution is -0.258. The fraction of sp³-hybridized carbons (Fsp3) is 0.182. The molecule has 1 rings (SSSR count). The van der Waals surface area contributed by atoms with Crippen LogP contribution in [0.2, 0.25) is 0 Å². The van der Waals surface area contributed by atoms with Gasteiger partial charge in [0.25, 0.3) is 5.91 Å². The lowest BCUT2D eigenvalue weighted by atomic mass is 10.1. The molecule has 1 amide bonds. The standard InChI is InChI=1S/C11H11FN2O6/c1-6(15)18-5-10(16)19-20-14-9-3-2-7(12)4-8(9)11(13)17/h2-4,14H,5H2,1H3,(H2,13,17). The number of hydrogen-bond acceptors (Lipinski definition) is 7. The molecule has 0 bridgehead atoms. The number of hydrogen-bond donors (Lipinski definition) is 2. The Bertz CT molecular complexity index is 534. The number of nitrogens with one attached hydrogen (secondary N) is 1. The van der Waals surface area contributed by atoms with Crippen LogP contribution in [0.4, 0.5) is 10.1 Å². The van der Waals surface area contributed by atoms with Crippen LogP contribution in [-0.4, -0.2) is 24.5 Å². The molecule has 0 saturated heterocycles. The highest BCUT2D eigenvalue weighted by atomic mass is 19.1. The maximum atomic E-state index is 12.9. The fourth-order valence-corrected chi connectivity index (χ4v) is 1.11. The van der Waals surface area contributed by atoms with E-state index in [4.69, 9.17) is 5.73 Å². The number of ether oxygens (including phenoxy) is 1. The van der Waals surface area contributed by atoms with Crippen molar-refractivity contribution in [2.75, 3.05) is 12.1 Å². The van der Waals surface area contributed by atoms with E-state index in [-0.39, 0.29) is 11.3 Å². The molecule has 0 aromatic heterocycles. The Morgan fingerprint density at radius 2 is 2.05 bits per heavy atom. The van der Waals surface area contributed by atoms with Crippen molar-refractivity contribution < 1.29 is 33.4 Å². The number of amides is 1. The smallest absolute Gasteiger partial charge is 0.382 e. The van der Waals surface area contributed by atoms with E-state index >= 15 is 0 Å². The van der Waals surface area contributed by atoms with E-state index in [9.17, 15) is 18.8 Å². The number of esters is 1. The van der Waals surface area contributed by atoms with Gasteiger partial charge in [-0.15, -0.1) is 0 Å². The van der Waals surface area contributed by atoms with E-state index in [1.807, 2.05) is 0 Å². The summed E-state index contributed by atoms with van der Waals surface area (Å²) >= 11 is 0. The average molecular weight is 286 g/mol. The molecule has 0 saturated carbocycles. The van der Waals surface area contributed by atoms with Crippen LogP contribution in [0.25, 0.3) is 0 Å². The molecular weight excluding hydrogens is 275 g/mol. The summed E-state index contributed by atoms with van der Waals surface area (Å²) in [4.78, 5) is 41.0. The van der Waals surface area contributed by atoms with Crippen LogP contribution in [-0.2, 0) is 24.2 Å². The highest BCUT2D eigenvalue weighted by molar-refractivity contribution is 5.98. The molecule has 8 nitrogen and oxygen atoms in total. The number of carbonyl (C=O) groups is 3. The molecule has 0 heterocycles. The molecule has 20 heavy (non-hydrogen) atoms. The van der Waals surface area contributed by atoms with Gasteiger partial charge in [-0.05, 0) is 18.2 Å². The predicted molar refractivity (Wildman–Crippen MR) is 62.4 cm³/mol. The minimum atomic E-state index is -0.990. The number of nitrogens with two attached hydrogens (primary N) is 1. The van der Waals surface area contributed by atoms with Crippen molar-refractivity contribution in [2.45, 2.75) is 6.92 Å². The Hall–Kier alpha value is -2.68. The minimum absolute atomic E-state index is 0.000753. The third-order valence-electron chi connectivity index (χ3n) is 1.93. The molecule has 9 heteroatoms. The van der Waals surface area contributed by atoms with Crippen LogP contribution in [0.1, 0.15) is 17.3 Å². The van der Waals surface area contributed by atoms with Crippen molar-refractivity contribution in [3.8, 4) is 0 Å². The van der Waals surface area contributed by atoms with Gasteiger partial charge in [0.2, 0.25) is 0 Å². The van der Waals surface area contributed by atoms with Gasteiger partial charge in [-0.25, -0.2) is 14.7 Å². The first kappa shape index (κ1) is 15.4. The highest BCUT2D eigenvalue weighted by Gasteiger charge is 2.11. The molecule has 0 aliphatic heterocycles. The van der Waals surface area contributed by atoms with E-state index in [1.54, 1.807) is 0 Å². The lowest BCUT2D eigenvalue weighted by Gasteiger charge is -2.08. The molecule has 0 aliphatic rings. The number of primary amides is 1. The topological polar surface area (TPSA) is 117 Å². The van der Waals surface area contributed by atoms with E-state index in [0.29, 0.717) is 0 Å². The van der Waals surface area contributed by atoms with Crippen molar-refractivity contribution in [1.82, 2.24) is 0 Å². The van der Waals surface area contributed by atoms with Gasteiger partial charge >= 0.3 is 11.9 Å². The Kier molecular flexibility index (Phi) is 5.42. The normalized spacial score (nSPS) is 9.70. The van der Waals surface area contributed by atoms with Crippen LogP contribution in [0.5, 0.6) is 0 Å². The van der Waals surface area contributed by atoms with Gasteiger partial charge in [0.15, 0.2) is 6.61 Å². The monoisotopic (exact) mass is 286 g/mol. The van der Waals surface area contributed by atoms with Crippen molar-refractivity contribution in [3.63, 3.8) is 0 Å². The van der Waals surface area contributed by atoms with Crippen molar-refractivity contribution >= 4 is 23.5 Å². The average Bonchev–Trinajstić information content (AvgIpc) is 2.37. The van der Waals surface area contributed by atoms with Crippen LogP contribution in [0, 0.1) is 5.82 Å². The third kappa shape index (κ3) is 4.90. The molecule has 0 aliphatic carbocycles. The molecule has 1 aromatic rings. The molecule has 0 radical (unpaired) electrons. The quantitative estimate of drug-likeness (QED) is 0.438. The highest BCUT2D eigenvalue weighted by Crippen LogP contribution is 2.16. The lowest BCUT2D eigenvalue weighted by Crippen LogP contribution is -2.19. The minimum Gasteiger partial charge on any atom is -0.454 e. The van der Waals surface area contributed by atoms with Gasteiger partial charge in [-0.1, -0.05) is 4.99 Å². The van der Waals surface area contributed by atoms with E-state index in [1.165, 1.54) is 0 Å². The Morgan fingerprint density at radius 1 is 1.35 bits per heavy atom. The second-order valence-electron chi connectivity index (χ2n) is 3.48. The first-order valence-corrected chi connectivity index (χ1v) is 5.25. The first-order chi connectivity index (χ1) is 9.40. The van der Waals surface area contributed by atoms with Gasteiger partial charge in [-0.3, -0.25) is 14.5 Å². The van der Waals surface area contributed by atoms with Gasteiger partial charge in [0.1, 0.15) is 5.82 Å². The van der Waals surface area contributed by atoms with E-state index in [0.717, 1.165) is 25.1 Å². The predicted octanol–water partition coefficient (Wildman–Crippen LogP) is 0.289. The Morgan fingerprint density at radius 3 is 2.65 bits per heavy atom. The van der Waals surface area contributed by atoms with Crippen LogP contribution in [0.3, 0.4) is 0 Å². The third-order valence-corrected chi connectivity index (χ3v) is 1.93. The van der Waals surface area contributed by atoms with Gasteiger partial charge in [-0.2, -0.15) is 0 Å².